The van der Waals surface area contributed by atoms with E-state index in [1.165, 1.54) is 12.4 Å². The monoisotopic (exact) mass is 535 g/mol. The lowest BCUT2D eigenvalue weighted by molar-refractivity contribution is -0.118. The van der Waals surface area contributed by atoms with Crippen LogP contribution in [-0.4, -0.2) is 54.9 Å². The van der Waals surface area contributed by atoms with Crippen molar-refractivity contribution < 1.29 is 22.8 Å². The first kappa shape index (κ1) is 26.9. The van der Waals surface area contributed by atoms with Crippen molar-refractivity contribution in [3.8, 4) is 0 Å². The Balaban J connectivity index is 1.34. The van der Waals surface area contributed by atoms with E-state index in [4.69, 9.17) is 11.6 Å². The quantitative estimate of drug-likeness (QED) is 0.412. The second-order valence-electron chi connectivity index (χ2n) is 9.52. The molecule has 11 heteroatoms. The topological polar surface area (TPSA) is 95.5 Å². The molecule has 37 heavy (non-hydrogen) atoms. The Morgan fingerprint density at radius 2 is 2.00 bits per heavy atom. The van der Waals surface area contributed by atoms with Crippen LogP contribution in [0.15, 0.2) is 41.7 Å². The van der Waals surface area contributed by atoms with Crippen LogP contribution < -0.4 is 16.0 Å². The number of rotatable bonds is 10. The number of anilines is 1. The minimum atomic E-state index is -2.46. The maximum Gasteiger partial charge on any atom is 0.253 e. The average Bonchev–Trinajstić information content (AvgIpc) is 3.69. The van der Waals surface area contributed by atoms with Gasteiger partial charge >= 0.3 is 0 Å². The number of carbonyl (C=O) groups excluding carboxylic acids is 2. The van der Waals surface area contributed by atoms with Crippen molar-refractivity contribution >= 4 is 34.9 Å². The van der Waals surface area contributed by atoms with Crippen molar-refractivity contribution in [1.29, 1.82) is 0 Å². The van der Waals surface area contributed by atoms with E-state index in [1.54, 1.807) is 24.3 Å². The van der Waals surface area contributed by atoms with Crippen molar-refractivity contribution in [3.05, 3.63) is 58.4 Å². The fourth-order valence-corrected chi connectivity index (χ4v) is 4.64. The zero-order valence-electron chi connectivity index (χ0n) is 20.4. The molecular weight excluding hydrogens is 507 g/mol. The lowest BCUT2D eigenvalue weighted by atomic mass is 9.87. The molecule has 2 heterocycles. The zero-order valence-corrected chi connectivity index (χ0v) is 21.1. The summed E-state index contributed by atoms with van der Waals surface area (Å²) in [5.74, 6) is -0.491. The maximum atomic E-state index is 13.6. The molecule has 0 saturated heterocycles. The molecule has 2 aromatic rings. The van der Waals surface area contributed by atoms with Gasteiger partial charge in [-0.1, -0.05) is 24.6 Å². The van der Waals surface area contributed by atoms with E-state index in [0.717, 1.165) is 5.56 Å². The highest BCUT2D eigenvalue weighted by Crippen LogP contribution is 2.53. The highest BCUT2D eigenvalue weighted by Gasteiger charge is 2.52. The first-order valence-electron chi connectivity index (χ1n) is 12.2. The van der Waals surface area contributed by atoms with Gasteiger partial charge in [-0.15, -0.1) is 0 Å². The van der Waals surface area contributed by atoms with E-state index < -0.39 is 23.9 Å². The minimum absolute atomic E-state index is 0.0490. The van der Waals surface area contributed by atoms with E-state index in [9.17, 15) is 22.8 Å². The second-order valence-corrected chi connectivity index (χ2v) is 9.95. The highest BCUT2D eigenvalue weighted by molar-refractivity contribution is 6.30. The molecule has 1 fully saturated rings. The predicted octanol–water partition coefficient (Wildman–Crippen LogP) is 4.62. The summed E-state index contributed by atoms with van der Waals surface area (Å²) < 4.78 is 40.4. The molecule has 1 aromatic carbocycles. The lowest BCUT2D eigenvalue weighted by Gasteiger charge is -2.20. The van der Waals surface area contributed by atoms with Crippen LogP contribution in [0.4, 0.5) is 18.9 Å². The van der Waals surface area contributed by atoms with Crippen molar-refractivity contribution in [2.24, 2.45) is 4.99 Å². The van der Waals surface area contributed by atoms with Gasteiger partial charge in [-0.3, -0.25) is 14.6 Å². The van der Waals surface area contributed by atoms with Crippen LogP contribution in [0.5, 0.6) is 0 Å². The van der Waals surface area contributed by atoms with Gasteiger partial charge in [-0.05, 0) is 54.5 Å². The molecule has 2 aliphatic rings. The molecule has 1 unspecified atom stereocenters. The van der Waals surface area contributed by atoms with Gasteiger partial charge in [0.25, 0.3) is 5.91 Å². The maximum absolute atomic E-state index is 13.6. The van der Waals surface area contributed by atoms with Crippen LogP contribution >= 0.6 is 11.6 Å². The van der Waals surface area contributed by atoms with Gasteiger partial charge in [0.1, 0.15) is 6.17 Å². The number of ketones is 1. The molecule has 1 saturated carbocycles. The van der Waals surface area contributed by atoms with Crippen LogP contribution in [0.2, 0.25) is 5.02 Å². The summed E-state index contributed by atoms with van der Waals surface area (Å²) >= 11 is 6.25. The number of guanidine groups is 1. The third-order valence-corrected chi connectivity index (χ3v) is 7.01. The summed E-state index contributed by atoms with van der Waals surface area (Å²) in [6.45, 7) is 1.92. The van der Waals surface area contributed by atoms with Gasteiger partial charge in [-0.2, -0.15) is 0 Å². The summed E-state index contributed by atoms with van der Waals surface area (Å²) in [5, 5.41) is 8.75. The molecule has 4 rings (SSSR count). The third-order valence-electron chi connectivity index (χ3n) is 6.79. The Hall–Kier alpha value is -3.14. The Kier molecular flexibility index (Phi) is 8.36. The van der Waals surface area contributed by atoms with Crippen LogP contribution in [-0.2, 0) is 10.2 Å². The number of aliphatic imine (C=N–C) groups is 1. The van der Waals surface area contributed by atoms with E-state index >= 15 is 0 Å². The van der Waals surface area contributed by atoms with Crippen molar-refractivity contribution in [2.45, 2.75) is 56.5 Å². The van der Waals surface area contributed by atoms with Crippen LogP contribution in [0.1, 0.15) is 60.0 Å². The molecule has 2 atom stereocenters. The highest BCUT2D eigenvalue weighted by atomic mass is 35.5. The van der Waals surface area contributed by atoms with E-state index in [2.05, 4.69) is 25.9 Å². The number of aromatic nitrogens is 1. The van der Waals surface area contributed by atoms with E-state index in [0.29, 0.717) is 41.5 Å². The standard InChI is InChI=1S/C26H29ClF3N5O2/c1-2-15(16-5-18(9-19(27)6-16)26(3-4-26)24(29)30)8-22(36)14-32-23(37)17-7-21(13-31-10-17)35-25-33-11-20(28)12-34-25/h5-7,9-10,13,15,20,24H,2-4,8,11-12,14H2,1H3,(H,32,37)(H2,33,34,35)/t15-/m1/s1. The van der Waals surface area contributed by atoms with Crippen LogP contribution in [0.25, 0.3) is 0 Å². The normalized spacial score (nSPS) is 19.0. The number of hydrogen-bond donors (Lipinski definition) is 3. The number of pyridine rings is 1. The predicted molar refractivity (Wildman–Crippen MR) is 136 cm³/mol. The number of nitrogens with one attached hydrogen (secondary N) is 3. The summed E-state index contributed by atoms with van der Waals surface area (Å²) in [6.07, 6.45) is 0.948. The molecule has 3 N–H and O–H groups in total. The Labute approximate surface area is 218 Å². The number of alkyl halides is 3. The smallest absolute Gasteiger partial charge is 0.253 e. The molecule has 0 bridgehead atoms. The second kappa shape index (κ2) is 11.5. The van der Waals surface area contributed by atoms with Gasteiger partial charge in [0, 0.05) is 17.6 Å². The molecule has 0 radical (unpaired) electrons. The summed E-state index contributed by atoms with van der Waals surface area (Å²) in [5.41, 5.74) is 0.860. The Bertz CT molecular complexity index is 1190. The van der Waals surface area contributed by atoms with Crippen molar-refractivity contribution in [3.63, 3.8) is 0 Å². The van der Waals surface area contributed by atoms with Gasteiger partial charge < -0.3 is 16.0 Å². The first-order chi connectivity index (χ1) is 17.7. The van der Waals surface area contributed by atoms with Gasteiger partial charge in [0.05, 0.1) is 42.5 Å². The summed E-state index contributed by atoms with van der Waals surface area (Å²) in [6, 6.07) is 6.60. The molecule has 1 aromatic heterocycles. The minimum Gasteiger partial charge on any atom is -0.353 e. The fraction of sp³-hybridized carbons (Fsp3) is 0.462. The van der Waals surface area contributed by atoms with Crippen molar-refractivity contribution in [1.82, 2.24) is 15.6 Å². The van der Waals surface area contributed by atoms with Crippen LogP contribution in [0, 0.1) is 0 Å². The number of halogens is 4. The number of nitrogens with zero attached hydrogens (tertiary/aromatic N) is 2. The number of hydrogen-bond acceptors (Lipinski definition) is 6. The van der Waals surface area contributed by atoms with Crippen molar-refractivity contribution in [2.75, 3.05) is 25.0 Å². The molecular formula is C26H29ClF3N5O2. The third kappa shape index (κ3) is 6.60. The average molecular weight is 536 g/mol. The van der Waals surface area contributed by atoms with Gasteiger partial charge in [0.15, 0.2) is 11.7 Å². The fourth-order valence-electron chi connectivity index (χ4n) is 4.40. The molecule has 7 nitrogen and oxygen atoms in total. The molecule has 198 valence electrons. The van der Waals surface area contributed by atoms with E-state index in [1.807, 2.05) is 6.92 Å². The summed E-state index contributed by atoms with van der Waals surface area (Å²) in [4.78, 5) is 33.4. The Morgan fingerprint density at radius 1 is 1.22 bits per heavy atom. The number of amides is 1. The SMILES string of the molecule is CC[C@H](CC(=O)CNC(=O)c1cncc(NC2=NCC(F)CN2)c1)c1cc(Cl)cc(C2(C(F)F)CC2)c1. The van der Waals surface area contributed by atoms with Gasteiger partial charge in [0.2, 0.25) is 6.43 Å². The zero-order chi connectivity index (χ0) is 26.6. The van der Waals surface area contributed by atoms with Gasteiger partial charge in [-0.25, -0.2) is 18.2 Å². The molecule has 1 aliphatic carbocycles. The number of benzene rings is 1. The molecule has 1 amide bonds. The first-order valence-corrected chi connectivity index (χ1v) is 12.6. The Morgan fingerprint density at radius 3 is 2.65 bits per heavy atom. The number of carbonyl (C=O) groups is 2. The molecule has 1 aliphatic heterocycles. The largest absolute Gasteiger partial charge is 0.353 e. The van der Waals surface area contributed by atoms with Crippen LogP contribution in [0.3, 0.4) is 0 Å². The van der Waals surface area contributed by atoms with E-state index in [-0.39, 0.29) is 43.3 Å². The number of Topliss-reactive ketones (excluding diaryl/α,β-unsaturated/α-hetero) is 1. The lowest BCUT2D eigenvalue weighted by Crippen LogP contribution is -2.41. The molecule has 0 spiro atoms. The summed E-state index contributed by atoms with van der Waals surface area (Å²) in [7, 11) is 0.